The molecule has 0 aromatic heterocycles. The number of carbonyl (C=O) groups excluding carboxylic acids is 1. The molecule has 5 nitrogen and oxygen atoms in total. The summed E-state index contributed by atoms with van der Waals surface area (Å²) in [4.78, 5) is 10.4. The fraction of sp³-hybridized carbons (Fsp3) is 0.778. The molecule has 6 heteroatoms. The van der Waals surface area contributed by atoms with Crippen molar-refractivity contribution in [2.45, 2.75) is 19.3 Å². The van der Waals surface area contributed by atoms with Crippen LogP contribution in [0.3, 0.4) is 0 Å². The van der Waals surface area contributed by atoms with E-state index in [1.165, 1.54) is 0 Å². The molecule has 0 atom stereocenters. The van der Waals surface area contributed by atoms with Crippen molar-refractivity contribution in [2.24, 2.45) is 5.73 Å². The topological polar surface area (TPSA) is 76.4 Å². The van der Waals surface area contributed by atoms with E-state index in [1.807, 2.05) is 0 Å². The van der Waals surface area contributed by atoms with Gasteiger partial charge >= 0.3 is 0 Å². The Labute approximate surface area is 95.7 Å². The standard InChI is InChI=1S/C9H19N3O2S/c1-14-7-3-6-12-9(15)11-5-2-4-8(10)13/h2-7H2,1H3,(H2,10,13)(H2,11,12,15). The zero-order valence-corrected chi connectivity index (χ0v) is 9.86. The second-order valence-corrected chi connectivity index (χ2v) is 3.51. The van der Waals surface area contributed by atoms with Gasteiger partial charge in [0.25, 0.3) is 0 Å². The Kier molecular flexibility index (Phi) is 9.10. The van der Waals surface area contributed by atoms with Crippen molar-refractivity contribution in [1.29, 1.82) is 0 Å². The minimum absolute atomic E-state index is 0.282. The molecular weight excluding hydrogens is 214 g/mol. The Morgan fingerprint density at radius 3 is 2.47 bits per heavy atom. The van der Waals surface area contributed by atoms with E-state index in [4.69, 9.17) is 22.7 Å². The molecule has 0 fully saturated rings. The van der Waals surface area contributed by atoms with Gasteiger partial charge in [-0.15, -0.1) is 0 Å². The van der Waals surface area contributed by atoms with Crippen LogP contribution in [0.15, 0.2) is 0 Å². The van der Waals surface area contributed by atoms with Crippen LogP contribution in [0.25, 0.3) is 0 Å². The lowest BCUT2D eigenvalue weighted by molar-refractivity contribution is -0.118. The smallest absolute Gasteiger partial charge is 0.217 e. The summed E-state index contributed by atoms with van der Waals surface area (Å²) in [5.74, 6) is -0.282. The molecule has 0 aliphatic carbocycles. The van der Waals surface area contributed by atoms with Crippen LogP contribution in [0.4, 0.5) is 0 Å². The normalized spacial score (nSPS) is 9.67. The summed E-state index contributed by atoms with van der Waals surface area (Å²) < 4.78 is 4.89. The molecule has 0 bridgehead atoms. The molecule has 88 valence electrons. The maximum Gasteiger partial charge on any atom is 0.217 e. The summed E-state index contributed by atoms with van der Waals surface area (Å²) in [5, 5.41) is 6.62. The summed E-state index contributed by atoms with van der Waals surface area (Å²) in [6.45, 7) is 2.17. The van der Waals surface area contributed by atoms with Crippen LogP contribution in [-0.4, -0.2) is 37.8 Å². The number of hydrogen-bond donors (Lipinski definition) is 3. The SMILES string of the molecule is COCCCNC(=S)NCCCC(N)=O. The van der Waals surface area contributed by atoms with Crippen molar-refractivity contribution < 1.29 is 9.53 Å². The van der Waals surface area contributed by atoms with Crippen molar-refractivity contribution >= 4 is 23.2 Å². The number of carbonyl (C=O) groups is 1. The van der Waals surface area contributed by atoms with Crippen LogP contribution in [0.5, 0.6) is 0 Å². The molecule has 0 saturated carbocycles. The number of nitrogens with two attached hydrogens (primary N) is 1. The van der Waals surface area contributed by atoms with Gasteiger partial charge in [0, 0.05) is 33.2 Å². The fourth-order valence-electron chi connectivity index (χ4n) is 0.945. The molecule has 0 radical (unpaired) electrons. The largest absolute Gasteiger partial charge is 0.385 e. The highest BCUT2D eigenvalue weighted by Gasteiger charge is 1.96. The highest BCUT2D eigenvalue weighted by Crippen LogP contribution is 1.84. The fourth-order valence-corrected chi connectivity index (χ4v) is 1.15. The minimum Gasteiger partial charge on any atom is -0.385 e. The first-order chi connectivity index (χ1) is 7.16. The third-order valence-corrected chi connectivity index (χ3v) is 1.98. The Bertz CT molecular complexity index is 200. The van der Waals surface area contributed by atoms with E-state index in [-0.39, 0.29) is 5.91 Å². The summed E-state index contributed by atoms with van der Waals surface area (Å²) in [6.07, 6.45) is 2.01. The predicted octanol–water partition coefficient (Wildman–Crippen LogP) is -0.247. The monoisotopic (exact) mass is 233 g/mol. The molecule has 0 aliphatic rings. The molecule has 15 heavy (non-hydrogen) atoms. The van der Waals surface area contributed by atoms with Crippen LogP contribution in [-0.2, 0) is 9.53 Å². The van der Waals surface area contributed by atoms with Gasteiger partial charge in [-0.25, -0.2) is 0 Å². The van der Waals surface area contributed by atoms with Gasteiger partial charge < -0.3 is 21.1 Å². The second-order valence-electron chi connectivity index (χ2n) is 3.10. The van der Waals surface area contributed by atoms with Gasteiger partial charge in [-0.3, -0.25) is 4.79 Å². The van der Waals surface area contributed by atoms with Crippen molar-refractivity contribution in [3.05, 3.63) is 0 Å². The lowest BCUT2D eigenvalue weighted by Gasteiger charge is -2.09. The van der Waals surface area contributed by atoms with Crippen molar-refractivity contribution in [3.63, 3.8) is 0 Å². The van der Waals surface area contributed by atoms with Crippen molar-refractivity contribution in [1.82, 2.24) is 10.6 Å². The summed E-state index contributed by atoms with van der Waals surface area (Å²) >= 11 is 5.00. The molecule has 0 aromatic rings. The van der Waals surface area contributed by atoms with Gasteiger partial charge in [-0.05, 0) is 25.1 Å². The number of ether oxygens (including phenoxy) is 1. The van der Waals surface area contributed by atoms with E-state index in [2.05, 4.69) is 10.6 Å². The lowest BCUT2D eigenvalue weighted by atomic mass is 10.3. The van der Waals surface area contributed by atoms with Gasteiger partial charge in [0.15, 0.2) is 5.11 Å². The van der Waals surface area contributed by atoms with Gasteiger partial charge in [-0.2, -0.15) is 0 Å². The molecule has 0 aromatic carbocycles. The lowest BCUT2D eigenvalue weighted by Crippen LogP contribution is -2.36. The van der Waals surface area contributed by atoms with E-state index in [9.17, 15) is 4.79 Å². The van der Waals surface area contributed by atoms with Crippen molar-refractivity contribution in [2.75, 3.05) is 26.8 Å². The van der Waals surface area contributed by atoms with Gasteiger partial charge in [0.05, 0.1) is 0 Å². The predicted molar refractivity (Wildman–Crippen MR) is 63.5 cm³/mol. The molecule has 0 heterocycles. The first-order valence-electron chi connectivity index (χ1n) is 4.95. The summed E-state index contributed by atoms with van der Waals surface area (Å²) in [7, 11) is 1.67. The maximum atomic E-state index is 10.4. The highest BCUT2D eigenvalue weighted by atomic mass is 32.1. The quantitative estimate of drug-likeness (QED) is 0.398. The number of amides is 1. The number of nitrogens with one attached hydrogen (secondary N) is 2. The molecule has 4 N–H and O–H groups in total. The molecular formula is C9H19N3O2S. The van der Waals surface area contributed by atoms with Crippen LogP contribution in [0.1, 0.15) is 19.3 Å². The van der Waals surface area contributed by atoms with Crippen molar-refractivity contribution in [3.8, 4) is 0 Å². The number of rotatable bonds is 8. The second kappa shape index (κ2) is 9.67. The first kappa shape index (κ1) is 14.1. The molecule has 0 aliphatic heterocycles. The third-order valence-electron chi connectivity index (χ3n) is 1.70. The van der Waals surface area contributed by atoms with Gasteiger partial charge in [-0.1, -0.05) is 0 Å². The average Bonchev–Trinajstić information content (AvgIpc) is 2.19. The van der Waals surface area contributed by atoms with Gasteiger partial charge in [0.1, 0.15) is 0 Å². The zero-order chi connectivity index (χ0) is 11.5. The molecule has 0 saturated heterocycles. The van der Waals surface area contributed by atoms with Crippen LogP contribution in [0.2, 0.25) is 0 Å². The van der Waals surface area contributed by atoms with E-state index in [1.54, 1.807) is 7.11 Å². The first-order valence-corrected chi connectivity index (χ1v) is 5.36. The van der Waals surface area contributed by atoms with E-state index >= 15 is 0 Å². The molecule has 1 amide bonds. The average molecular weight is 233 g/mol. The molecule has 0 spiro atoms. The number of hydrogen-bond acceptors (Lipinski definition) is 3. The van der Waals surface area contributed by atoms with E-state index in [0.29, 0.717) is 24.5 Å². The molecule has 0 rings (SSSR count). The third kappa shape index (κ3) is 11.0. The minimum atomic E-state index is -0.282. The Morgan fingerprint density at radius 2 is 1.93 bits per heavy atom. The number of thiocarbonyl (C=S) groups is 1. The number of primary amides is 1. The molecule has 0 unspecified atom stereocenters. The Morgan fingerprint density at radius 1 is 1.33 bits per heavy atom. The van der Waals surface area contributed by atoms with Crippen LogP contribution in [0, 0.1) is 0 Å². The summed E-state index contributed by atoms with van der Waals surface area (Å²) in [5.41, 5.74) is 4.99. The Balaban J connectivity index is 3.22. The summed E-state index contributed by atoms with van der Waals surface area (Å²) in [6, 6.07) is 0. The van der Waals surface area contributed by atoms with Gasteiger partial charge in [0.2, 0.25) is 5.91 Å². The van der Waals surface area contributed by atoms with Crippen LogP contribution < -0.4 is 16.4 Å². The number of methoxy groups -OCH3 is 1. The van der Waals surface area contributed by atoms with E-state index < -0.39 is 0 Å². The Hall–Kier alpha value is -0.880. The highest BCUT2D eigenvalue weighted by molar-refractivity contribution is 7.80. The maximum absolute atomic E-state index is 10.4. The van der Waals surface area contributed by atoms with E-state index in [0.717, 1.165) is 19.6 Å². The van der Waals surface area contributed by atoms with Crippen LogP contribution >= 0.6 is 12.2 Å². The zero-order valence-electron chi connectivity index (χ0n) is 9.04.